The van der Waals surface area contributed by atoms with Gasteiger partial charge < -0.3 is 29.0 Å². The Morgan fingerprint density at radius 3 is 2.62 bits per heavy atom. The van der Waals surface area contributed by atoms with Crippen LogP contribution in [0.1, 0.15) is 50.8 Å². The summed E-state index contributed by atoms with van der Waals surface area (Å²) in [6, 6.07) is 11.4. The molecule has 0 spiro atoms. The van der Waals surface area contributed by atoms with Gasteiger partial charge in [0.05, 0.1) is 38.0 Å². The topological polar surface area (TPSA) is 94.5 Å². The molecule has 2 unspecified atom stereocenters. The number of nitrogens with zero attached hydrogens (tertiary/aromatic N) is 1. The molecule has 37 heavy (non-hydrogen) atoms. The van der Waals surface area contributed by atoms with Crippen LogP contribution in [0, 0.1) is 5.92 Å². The zero-order valence-electron chi connectivity index (χ0n) is 21.9. The van der Waals surface area contributed by atoms with Crippen molar-refractivity contribution in [3.63, 3.8) is 0 Å². The van der Waals surface area contributed by atoms with Crippen molar-refractivity contribution in [1.29, 1.82) is 0 Å². The largest absolute Gasteiger partial charge is 0.507 e. The molecule has 8 heteroatoms. The number of aliphatic hydroxyl groups is 1. The highest BCUT2D eigenvalue weighted by molar-refractivity contribution is 6.46. The Kier molecular flexibility index (Phi) is 8.38. The lowest BCUT2D eigenvalue weighted by atomic mass is 9.94. The van der Waals surface area contributed by atoms with Gasteiger partial charge in [0.1, 0.15) is 11.5 Å². The number of likely N-dealkylation sites (tertiary alicyclic amines) is 1. The van der Waals surface area contributed by atoms with Crippen LogP contribution >= 0.6 is 0 Å². The van der Waals surface area contributed by atoms with Gasteiger partial charge in [0.15, 0.2) is 11.5 Å². The van der Waals surface area contributed by atoms with Crippen LogP contribution in [0.5, 0.6) is 17.2 Å². The molecular weight excluding hydrogens is 474 g/mol. The molecule has 0 aliphatic carbocycles. The summed E-state index contributed by atoms with van der Waals surface area (Å²) in [6.07, 6.45) is 1.54. The van der Waals surface area contributed by atoms with E-state index >= 15 is 0 Å². The van der Waals surface area contributed by atoms with Crippen LogP contribution in [0.2, 0.25) is 0 Å². The minimum atomic E-state index is -0.811. The molecule has 2 fully saturated rings. The van der Waals surface area contributed by atoms with Gasteiger partial charge in [0.2, 0.25) is 0 Å². The Bertz CT molecular complexity index is 1170. The average Bonchev–Trinajstić information content (AvgIpc) is 3.50. The number of aliphatic hydroxyl groups excluding tert-OH is 1. The minimum Gasteiger partial charge on any atom is -0.507 e. The quantitative estimate of drug-likeness (QED) is 0.281. The summed E-state index contributed by atoms with van der Waals surface area (Å²) in [4.78, 5) is 28.2. The van der Waals surface area contributed by atoms with E-state index in [2.05, 4.69) is 0 Å². The number of hydrogen-bond acceptors (Lipinski definition) is 7. The molecule has 1 N–H and O–H groups in total. The first-order valence-corrected chi connectivity index (χ1v) is 12.8. The van der Waals surface area contributed by atoms with Crippen molar-refractivity contribution >= 4 is 17.4 Å². The molecule has 0 radical (unpaired) electrons. The van der Waals surface area contributed by atoms with E-state index in [0.29, 0.717) is 54.1 Å². The predicted octanol–water partition coefficient (Wildman–Crippen LogP) is 4.73. The molecule has 8 nitrogen and oxygen atoms in total. The third-order valence-electron chi connectivity index (χ3n) is 6.46. The smallest absolute Gasteiger partial charge is 0.295 e. The monoisotopic (exact) mass is 509 g/mol. The zero-order chi connectivity index (χ0) is 26.5. The van der Waals surface area contributed by atoms with Gasteiger partial charge in [-0.3, -0.25) is 9.59 Å². The molecule has 0 bridgehead atoms. The number of rotatable bonds is 10. The molecule has 2 aliphatic heterocycles. The van der Waals surface area contributed by atoms with Crippen molar-refractivity contribution < 1.29 is 33.6 Å². The van der Waals surface area contributed by atoms with Crippen LogP contribution in [-0.4, -0.2) is 61.3 Å². The molecule has 2 aromatic rings. The summed E-state index contributed by atoms with van der Waals surface area (Å²) in [5.74, 6) is 0.289. The number of carbonyl (C=O) groups is 2. The standard InChI is InChI=1S/C29H35NO7/c1-5-35-23-12-11-19(15-24(23)34-4)26-25(28(32)29(33)30(26)16-22-10-7-13-36-22)27(31)20-8-6-9-21(14-20)37-17-18(2)3/h6,8-9,11-12,14-15,18,22,26,31H,5,7,10,13,16-17H2,1-4H3/b27-25-. The van der Waals surface area contributed by atoms with Crippen molar-refractivity contribution in [3.05, 3.63) is 59.2 Å². The number of methoxy groups -OCH3 is 1. The minimum absolute atomic E-state index is 0.0234. The highest BCUT2D eigenvalue weighted by Gasteiger charge is 2.47. The number of ether oxygens (including phenoxy) is 4. The number of Topliss-reactive ketones (excluding diaryl/α,β-unsaturated/α-hetero) is 1. The maximum absolute atomic E-state index is 13.4. The van der Waals surface area contributed by atoms with Crippen LogP contribution in [-0.2, 0) is 14.3 Å². The van der Waals surface area contributed by atoms with Crippen LogP contribution in [0.15, 0.2) is 48.0 Å². The Morgan fingerprint density at radius 2 is 1.95 bits per heavy atom. The molecule has 2 saturated heterocycles. The Morgan fingerprint density at radius 1 is 1.14 bits per heavy atom. The van der Waals surface area contributed by atoms with Gasteiger partial charge in [-0.25, -0.2) is 0 Å². The van der Waals surface area contributed by atoms with E-state index in [4.69, 9.17) is 18.9 Å². The van der Waals surface area contributed by atoms with Gasteiger partial charge in [-0.15, -0.1) is 0 Å². The summed E-state index contributed by atoms with van der Waals surface area (Å²) in [5.41, 5.74) is 1.06. The van der Waals surface area contributed by atoms with Gasteiger partial charge in [-0.1, -0.05) is 32.0 Å². The van der Waals surface area contributed by atoms with E-state index in [-0.39, 0.29) is 24.0 Å². The second kappa shape index (κ2) is 11.7. The number of carbonyl (C=O) groups excluding carboxylic acids is 2. The second-order valence-electron chi connectivity index (χ2n) is 9.66. The lowest BCUT2D eigenvalue weighted by Crippen LogP contribution is -2.36. The van der Waals surface area contributed by atoms with Gasteiger partial charge >= 0.3 is 0 Å². The molecule has 1 amide bonds. The molecule has 4 rings (SSSR count). The van der Waals surface area contributed by atoms with E-state index in [0.717, 1.165) is 12.8 Å². The predicted molar refractivity (Wildman–Crippen MR) is 139 cm³/mol. The summed E-state index contributed by atoms with van der Waals surface area (Å²) in [6.45, 7) is 7.82. The highest BCUT2D eigenvalue weighted by atomic mass is 16.5. The van der Waals surface area contributed by atoms with Crippen molar-refractivity contribution in [2.45, 2.75) is 45.8 Å². The van der Waals surface area contributed by atoms with E-state index in [9.17, 15) is 14.7 Å². The van der Waals surface area contributed by atoms with Crippen molar-refractivity contribution in [2.75, 3.05) is 33.5 Å². The van der Waals surface area contributed by atoms with Crippen molar-refractivity contribution in [1.82, 2.24) is 4.90 Å². The second-order valence-corrected chi connectivity index (χ2v) is 9.66. The molecule has 2 atom stereocenters. The maximum Gasteiger partial charge on any atom is 0.295 e. The van der Waals surface area contributed by atoms with E-state index in [1.165, 1.54) is 12.0 Å². The fraction of sp³-hybridized carbons (Fsp3) is 0.448. The maximum atomic E-state index is 13.4. The molecular formula is C29H35NO7. The van der Waals surface area contributed by atoms with Crippen LogP contribution in [0.4, 0.5) is 0 Å². The zero-order valence-corrected chi connectivity index (χ0v) is 21.9. The van der Waals surface area contributed by atoms with Gasteiger partial charge in [0, 0.05) is 18.7 Å². The van der Waals surface area contributed by atoms with Crippen LogP contribution in [0.25, 0.3) is 5.76 Å². The fourth-order valence-corrected chi connectivity index (χ4v) is 4.70. The summed E-state index contributed by atoms with van der Waals surface area (Å²) in [7, 11) is 1.54. The molecule has 198 valence electrons. The van der Waals surface area contributed by atoms with Crippen molar-refractivity contribution in [2.24, 2.45) is 5.92 Å². The van der Waals surface area contributed by atoms with E-state index < -0.39 is 17.7 Å². The van der Waals surface area contributed by atoms with E-state index in [1.807, 2.05) is 20.8 Å². The van der Waals surface area contributed by atoms with Crippen molar-refractivity contribution in [3.8, 4) is 17.2 Å². The summed E-state index contributed by atoms with van der Waals surface area (Å²) in [5, 5.41) is 11.4. The normalized spacial score (nSPS) is 21.1. The van der Waals surface area contributed by atoms with Gasteiger partial charge in [-0.2, -0.15) is 0 Å². The molecule has 0 saturated carbocycles. The number of hydrogen-bond donors (Lipinski definition) is 1. The highest BCUT2D eigenvalue weighted by Crippen LogP contribution is 2.42. The Balaban J connectivity index is 1.80. The van der Waals surface area contributed by atoms with Crippen LogP contribution in [0.3, 0.4) is 0 Å². The lowest BCUT2D eigenvalue weighted by Gasteiger charge is -2.28. The fourth-order valence-electron chi connectivity index (χ4n) is 4.70. The first kappa shape index (κ1) is 26.5. The van der Waals surface area contributed by atoms with Gasteiger partial charge in [-0.05, 0) is 55.5 Å². The molecule has 2 aliphatic rings. The SMILES string of the molecule is CCOc1ccc(C2/C(=C(/O)c3cccc(OCC(C)C)c3)C(=O)C(=O)N2CC2CCCO2)cc1OC. The molecule has 0 aromatic heterocycles. The summed E-state index contributed by atoms with van der Waals surface area (Å²) < 4.78 is 22.8. The first-order chi connectivity index (χ1) is 17.8. The number of amides is 1. The Hall–Kier alpha value is -3.52. The molecule has 2 aromatic carbocycles. The summed E-state index contributed by atoms with van der Waals surface area (Å²) >= 11 is 0. The third-order valence-corrected chi connectivity index (χ3v) is 6.46. The average molecular weight is 510 g/mol. The Labute approximate surface area is 217 Å². The molecule has 2 heterocycles. The van der Waals surface area contributed by atoms with Crippen LogP contribution < -0.4 is 14.2 Å². The first-order valence-electron chi connectivity index (χ1n) is 12.8. The van der Waals surface area contributed by atoms with Gasteiger partial charge in [0.25, 0.3) is 11.7 Å². The van der Waals surface area contributed by atoms with E-state index in [1.54, 1.807) is 42.5 Å². The third kappa shape index (κ3) is 5.74. The lowest BCUT2D eigenvalue weighted by molar-refractivity contribution is -0.140. The number of benzene rings is 2. The number of ketones is 1.